The highest BCUT2D eigenvalue weighted by Crippen LogP contribution is 2.70. The van der Waals surface area contributed by atoms with E-state index < -0.39 is 0 Å². The van der Waals surface area contributed by atoms with E-state index in [9.17, 15) is 4.79 Å². The number of rotatable bonds is 0. The van der Waals surface area contributed by atoms with Crippen molar-refractivity contribution < 1.29 is 4.79 Å². The Morgan fingerprint density at radius 1 is 1.09 bits per heavy atom. The van der Waals surface area contributed by atoms with Gasteiger partial charge in [-0.1, -0.05) is 26.7 Å². The fourth-order valence-corrected chi connectivity index (χ4v) is 6.16. The van der Waals surface area contributed by atoms with Crippen LogP contribution in [-0.2, 0) is 4.79 Å². The molecule has 0 aromatic rings. The predicted octanol–water partition coefficient (Wildman–Crippen LogP) is 4.25. The monoisotopic (exact) mass is 311 g/mol. The summed E-state index contributed by atoms with van der Waals surface area (Å²) in [7, 11) is 0. The first-order valence-electron chi connectivity index (χ1n) is 9.08. The number of carbonyl (C=O) groups excluding carboxylic acids is 1. The number of nitrogens with one attached hydrogen (secondary N) is 1. The van der Waals surface area contributed by atoms with E-state index in [2.05, 4.69) is 29.4 Å². The predicted molar refractivity (Wildman–Crippen MR) is 87.5 cm³/mol. The van der Waals surface area contributed by atoms with Crippen molar-refractivity contribution in [1.29, 1.82) is 0 Å². The van der Waals surface area contributed by atoms with Gasteiger partial charge in [-0.3, -0.25) is 4.79 Å². The van der Waals surface area contributed by atoms with E-state index >= 15 is 0 Å². The van der Waals surface area contributed by atoms with Crippen LogP contribution in [0, 0.1) is 16.2 Å². The number of carbonyl (C=O) groups is 1. The van der Waals surface area contributed by atoms with Gasteiger partial charge in [0.2, 0.25) is 0 Å². The standard InChI is InChI=1S/C19H25N3O/c1-17(2)7-13-15(14(23)8-17)19(12-9-20-22-16(12)21-13)10-18(11-19)5-3-4-6-18/h21H,3-11H2,1-2H3. The summed E-state index contributed by atoms with van der Waals surface area (Å²) in [6.07, 6.45) is 9.38. The first-order valence-corrected chi connectivity index (χ1v) is 9.08. The fourth-order valence-electron chi connectivity index (χ4n) is 6.16. The average molecular weight is 311 g/mol. The van der Waals surface area contributed by atoms with Crippen LogP contribution in [0.2, 0.25) is 0 Å². The Morgan fingerprint density at radius 3 is 2.57 bits per heavy atom. The van der Waals surface area contributed by atoms with Crippen molar-refractivity contribution in [3.05, 3.63) is 22.7 Å². The summed E-state index contributed by atoms with van der Waals surface area (Å²) >= 11 is 0. The molecule has 4 heteroatoms. The summed E-state index contributed by atoms with van der Waals surface area (Å²) in [6.45, 7) is 5.08. The zero-order valence-electron chi connectivity index (χ0n) is 14.2. The zero-order valence-corrected chi connectivity index (χ0v) is 14.2. The molecule has 0 saturated heterocycles. The molecule has 122 valence electrons. The molecule has 0 radical (unpaired) electrons. The van der Waals surface area contributed by atoms with E-state index in [1.165, 1.54) is 31.3 Å². The second kappa shape index (κ2) is 4.14. The number of allylic oxidation sites excluding steroid dienone is 2. The summed E-state index contributed by atoms with van der Waals surface area (Å²) in [4.78, 5) is 13.1. The third-order valence-corrected chi connectivity index (χ3v) is 6.90. The van der Waals surface area contributed by atoms with Crippen LogP contribution in [0.4, 0.5) is 0 Å². The van der Waals surface area contributed by atoms with Crippen molar-refractivity contribution >= 4 is 5.78 Å². The van der Waals surface area contributed by atoms with E-state index in [1.54, 1.807) is 0 Å². The zero-order chi connectivity index (χ0) is 15.9. The number of azo groups is 1. The van der Waals surface area contributed by atoms with E-state index in [0.29, 0.717) is 24.2 Å². The highest BCUT2D eigenvalue weighted by molar-refractivity contribution is 6.00. The number of dihydropyridines is 1. The molecule has 3 aliphatic carbocycles. The molecule has 0 bridgehead atoms. The van der Waals surface area contributed by atoms with Gasteiger partial charge in [-0.05, 0) is 42.9 Å². The molecule has 23 heavy (non-hydrogen) atoms. The van der Waals surface area contributed by atoms with Gasteiger partial charge in [0, 0.05) is 28.7 Å². The van der Waals surface area contributed by atoms with Crippen molar-refractivity contribution in [2.24, 2.45) is 26.5 Å². The molecule has 0 aromatic carbocycles. The van der Waals surface area contributed by atoms with Crippen LogP contribution in [0.15, 0.2) is 32.9 Å². The van der Waals surface area contributed by atoms with E-state index in [-0.39, 0.29) is 10.8 Å². The molecule has 0 unspecified atom stereocenters. The minimum atomic E-state index is -0.0304. The Balaban J connectivity index is 1.60. The smallest absolute Gasteiger partial charge is 0.162 e. The van der Waals surface area contributed by atoms with Gasteiger partial charge >= 0.3 is 0 Å². The minimum Gasteiger partial charge on any atom is -0.342 e. The van der Waals surface area contributed by atoms with Crippen LogP contribution in [0.3, 0.4) is 0 Å². The molecule has 2 aliphatic heterocycles. The lowest BCUT2D eigenvalue weighted by Gasteiger charge is -2.59. The molecular formula is C19H25N3O. The van der Waals surface area contributed by atoms with Crippen molar-refractivity contribution in [3.63, 3.8) is 0 Å². The molecule has 0 atom stereocenters. The lowest BCUT2D eigenvalue weighted by Crippen LogP contribution is -2.54. The van der Waals surface area contributed by atoms with E-state index in [4.69, 9.17) is 0 Å². The molecule has 2 fully saturated rings. The summed E-state index contributed by atoms with van der Waals surface area (Å²) in [5.74, 6) is 1.33. The summed E-state index contributed by atoms with van der Waals surface area (Å²) in [5.41, 5.74) is 4.09. The molecule has 0 aromatic heterocycles. The van der Waals surface area contributed by atoms with Gasteiger partial charge in [-0.25, -0.2) is 0 Å². The minimum absolute atomic E-state index is 0.0304. The third kappa shape index (κ3) is 1.75. The van der Waals surface area contributed by atoms with E-state index in [1.807, 2.05) is 0 Å². The van der Waals surface area contributed by atoms with Gasteiger partial charge in [0.15, 0.2) is 11.6 Å². The number of nitrogens with zero attached hydrogens (tertiary/aromatic N) is 2. The molecule has 0 amide bonds. The lowest BCUT2D eigenvalue weighted by atomic mass is 9.44. The van der Waals surface area contributed by atoms with Crippen LogP contribution in [0.25, 0.3) is 0 Å². The van der Waals surface area contributed by atoms with Crippen LogP contribution < -0.4 is 5.32 Å². The fraction of sp³-hybridized carbons (Fsp3) is 0.737. The van der Waals surface area contributed by atoms with Crippen LogP contribution in [0.5, 0.6) is 0 Å². The number of ketones is 1. The van der Waals surface area contributed by atoms with Crippen LogP contribution >= 0.6 is 0 Å². The number of hydrogen-bond donors (Lipinski definition) is 1. The molecular weight excluding hydrogens is 286 g/mol. The Kier molecular flexibility index (Phi) is 2.51. The van der Waals surface area contributed by atoms with Crippen molar-refractivity contribution in [1.82, 2.24) is 5.32 Å². The van der Waals surface area contributed by atoms with Gasteiger partial charge in [-0.2, -0.15) is 5.11 Å². The highest BCUT2D eigenvalue weighted by atomic mass is 16.1. The number of hydrogen-bond acceptors (Lipinski definition) is 4. The maximum atomic E-state index is 13.1. The lowest BCUT2D eigenvalue weighted by molar-refractivity contribution is -0.121. The SMILES string of the molecule is CC1(C)CC(=O)C2=C(C1)NC1=C(CN=N1)C21CC2(CCCC2)C1. The molecule has 2 spiro atoms. The Morgan fingerprint density at radius 2 is 1.83 bits per heavy atom. The van der Waals surface area contributed by atoms with Gasteiger partial charge in [0.05, 0.1) is 6.54 Å². The van der Waals surface area contributed by atoms with Crippen LogP contribution in [0.1, 0.15) is 65.2 Å². The summed E-state index contributed by atoms with van der Waals surface area (Å²) in [5, 5.41) is 12.1. The van der Waals surface area contributed by atoms with Crippen molar-refractivity contribution in [3.8, 4) is 0 Å². The van der Waals surface area contributed by atoms with E-state index in [0.717, 1.165) is 36.4 Å². The number of fused-ring (bicyclic) bond motifs is 2. The molecule has 4 nitrogen and oxygen atoms in total. The molecule has 2 saturated carbocycles. The third-order valence-electron chi connectivity index (χ3n) is 6.90. The number of Topliss-reactive ketones (excluding diaryl/α,β-unsaturated/α-hetero) is 1. The Hall–Kier alpha value is -1.45. The quantitative estimate of drug-likeness (QED) is 0.727. The Bertz CT molecular complexity index is 696. The van der Waals surface area contributed by atoms with Crippen molar-refractivity contribution in [2.75, 3.05) is 6.54 Å². The molecule has 5 rings (SSSR count). The van der Waals surface area contributed by atoms with Gasteiger partial charge in [0.1, 0.15) is 0 Å². The summed E-state index contributed by atoms with van der Waals surface area (Å²) in [6, 6.07) is 0. The van der Waals surface area contributed by atoms with Crippen molar-refractivity contribution in [2.45, 2.75) is 65.2 Å². The molecule has 2 heterocycles. The van der Waals surface area contributed by atoms with Crippen LogP contribution in [-0.4, -0.2) is 12.3 Å². The summed E-state index contributed by atoms with van der Waals surface area (Å²) < 4.78 is 0. The second-order valence-electron chi connectivity index (χ2n) is 9.29. The van der Waals surface area contributed by atoms with Gasteiger partial charge in [0.25, 0.3) is 0 Å². The maximum Gasteiger partial charge on any atom is 0.162 e. The first-order chi connectivity index (χ1) is 10.9. The van der Waals surface area contributed by atoms with Gasteiger partial charge in [-0.15, -0.1) is 5.11 Å². The average Bonchev–Trinajstić information content (AvgIpc) is 3.04. The highest BCUT2D eigenvalue weighted by Gasteiger charge is 2.63. The topological polar surface area (TPSA) is 53.8 Å². The Labute approximate surface area is 137 Å². The molecule has 1 N–H and O–H groups in total. The largest absolute Gasteiger partial charge is 0.342 e. The maximum absolute atomic E-state index is 13.1. The normalized spacial score (nSPS) is 32.2. The van der Waals surface area contributed by atoms with Gasteiger partial charge < -0.3 is 5.32 Å². The first kappa shape index (κ1) is 13.9. The second-order valence-corrected chi connectivity index (χ2v) is 9.29. The molecule has 5 aliphatic rings.